The van der Waals surface area contributed by atoms with Crippen LogP contribution in [-0.4, -0.2) is 36.2 Å². The van der Waals surface area contributed by atoms with Crippen LogP contribution in [0.15, 0.2) is 53.2 Å². The number of ether oxygens (including phenoxy) is 1. The molecule has 9 nitrogen and oxygen atoms in total. The van der Waals surface area contributed by atoms with Crippen LogP contribution in [0.4, 0.5) is 0 Å². The molecule has 30 heavy (non-hydrogen) atoms. The first-order chi connectivity index (χ1) is 14.2. The molecular formula is C20H13N6O3Y-. The van der Waals surface area contributed by atoms with Gasteiger partial charge in [-0.05, 0) is 13.0 Å². The van der Waals surface area contributed by atoms with E-state index in [9.17, 15) is 4.79 Å². The normalized spacial score (nSPS) is 10.8. The van der Waals surface area contributed by atoms with E-state index in [1.807, 2.05) is 24.3 Å². The first-order valence-corrected chi connectivity index (χ1v) is 8.76. The monoisotopic (exact) mass is 474 g/mol. The van der Waals surface area contributed by atoms with Gasteiger partial charge in [0.1, 0.15) is 12.4 Å². The maximum atomic E-state index is 10.7. The quantitative estimate of drug-likeness (QED) is 0.358. The number of aromatic nitrogens is 6. The maximum absolute atomic E-state index is 10.7. The molecule has 0 saturated heterocycles. The molecule has 4 heterocycles. The summed E-state index contributed by atoms with van der Waals surface area (Å²) in [7, 11) is 0. The number of pyridine rings is 1. The number of benzene rings is 1. The van der Waals surface area contributed by atoms with E-state index in [-0.39, 0.29) is 39.3 Å². The Morgan fingerprint density at radius 2 is 1.97 bits per heavy atom. The molecule has 1 aromatic carbocycles. The summed E-state index contributed by atoms with van der Waals surface area (Å²) in [5.74, 6) is 1.52. The number of carbonyl (C=O) groups excluding carboxylic acids is 1. The van der Waals surface area contributed by atoms with E-state index >= 15 is 0 Å². The van der Waals surface area contributed by atoms with Crippen LogP contribution in [0.1, 0.15) is 17.0 Å². The molecule has 0 spiro atoms. The second-order valence-corrected chi connectivity index (χ2v) is 6.36. The summed E-state index contributed by atoms with van der Waals surface area (Å²) in [5, 5.41) is 18.8. The van der Waals surface area contributed by atoms with E-state index in [0.29, 0.717) is 40.1 Å². The van der Waals surface area contributed by atoms with Crippen LogP contribution in [0.5, 0.6) is 5.88 Å². The van der Waals surface area contributed by atoms with Gasteiger partial charge in [-0.2, -0.15) is 10.6 Å². The summed E-state index contributed by atoms with van der Waals surface area (Å²) in [6, 6.07) is 12.8. The zero-order chi connectivity index (χ0) is 19.8. The van der Waals surface area contributed by atoms with Crippen LogP contribution in [-0.2, 0) is 44.1 Å². The first-order valence-electron chi connectivity index (χ1n) is 8.76. The van der Waals surface area contributed by atoms with E-state index in [0.717, 1.165) is 10.8 Å². The topological polar surface area (TPSA) is 108 Å². The van der Waals surface area contributed by atoms with Gasteiger partial charge in [-0.15, -0.1) is 20.9 Å². The molecule has 1 radical (unpaired) electrons. The Bertz CT molecular complexity index is 1350. The third-order valence-corrected chi connectivity index (χ3v) is 4.39. The maximum Gasteiger partial charge on any atom is 0.240 e. The van der Waals surface area contributed by atoms with E-state index < -0.39 is 0 Å². The smallest absolute Gasteiger partial charge is 0.240 e. The molecule has 0 fully saturated rings. The van der Waals surface area contributed by atoms with Crippen molar-refractivity contribution < 1.29 is 46.8 Å². The fourth-order valence-electron chi connectivity index (χ4n) is 3.00. The molecule has 4 aromatic heterocycles. The molecule has 0 unspecified atom stereocenters. The summed E-state index contributed by atoms with van der Waals surface area (Å²) >= 11 is 0. The van der Waals surface area contributed by atoms with Gasteiger partial charge in [-0.3, -0.25) is 0 Å². The molecular weight excluding hydrogens is 461 g/mol. The minimum atomic E-state index is 0. The average Bonchev–Trinajstić information content (AvgIpc) is 3.38. The molecule has 0 atom stereocenters. The van der Waals surface area contributed by atoms with Gasteiger partial charge in [-0.1, -0.05) is 35.6 Å². The van der Waals surface area contributed by atoms with E-state index in [1.54, 1.807) is 35.9 Å². The van der Waals surface area contributed by atoms with Crippen molar-refractivity contribution in [2.75, 3.05) is 0 Å². The number of fused-ring (bicyclic) bond motifs is 3. The van der Waals surface area contributed by atoms with Gasteiger partial charge >= 0.3 is 0 Å². The SMILES string of the molecule is Cc1cc(-c2nnc3c4ccccc4c(OCc4ccc([C-]=O)cn4)nn23)no1.[Y]. The third-order valence-electron chi connectivity index (χ3n) is 4.39. The molecule has 0 amide bonds. The number of nitrogens with zero attached hydrogens (tertiary/aromatic N) is 6. The molecule has 0 aliphatic heterocycles. The van der Waals surface area contributed by atoms with Gasteiger partial charge in [0.05, 0.1) is 12.0 Å². The third kappa shape index (κ3) is 3.62. The fraction of sp³-hybridized carbons (Fsp3) is 0.100. The van der Waals surface area contributed by atoms with Crippen LogP contribution in [0.2, 0.25) is 0 Å². The van der Waals surface area contributed by atoms with Gasteiger partial charge in [-0.25, -0.2) is 0 Å². The predicted octanol–water partition coefficient (Wildman–Crippen LogP) is 2.67. The van der Waals surface area contributed by atoms with Gasteiger partial charge < -0.3 is 19.0 Å². The minimum absolute atomic E-state index is 0. The Labute approximate surface area is 195 Å². The average molecular weight is 474 g/mol. The Balaban J connectivity index is 0.00000218. The van der Waals surface area contributed by atoms with Crippen LogP contribution in [0.25, 0.3) is 27.9 Å². The zero-order valence-electron chi connectivity index (χ0n) is 15.8. The van der Waals surface area contributed by atoms with Gasteiger partial charge in [0.2, 0.25) is 11.7 Å². The summed E-state index contributed by atoms with van der Waals surface area (Å²) in [4.78, 5) is 14.9. The Morgan fingerprint density at radius 3 is 2.67 bits per heavy atom. The first kappa shape index (κ1) is 20.2. The van der Waals surface area contributed by atoms with E-state index in [1.165, 1.54) is 6.20 Å². The number of rotatable bonds is 5. The second kappa shape index (κ2) is 8.37. The van der Waals surface area contributed by atoms with Crippen LogP contribution in [0, 0.1) is 6.92 Å². The van der Waals surface area contributed by atoms with Crippen LogP contribution < -0.4 is 4.74 Å². The Morgan fingerprint density at radius 1 is 1.13 bits per heavy atom. The molecule has 0 bridgehead atoms. The van der Waals surface area contributed by atoms with Gasteiger partial charge in [0.15, 0.2) is 11.3 Å². The fourth-order valence-corrected chi connectivity index (χ4v) is 3.00. The molecule has 0 saturated carbocycles. The Hall–Kier alpha value is -3.04. The van der Waals surface area contributed by atoms with Crippen LogP contribution >= 0.6 is 0 Å². The molecule has 5 rings (SSSR count). The molecule has 10 heteroatoms. The summed E-state index contributed by atoms with van der Waals surface area (Å²) in [6.07, 6.45) is 3.25. The van der Waals surface area contributed by atoms with Crippen molar-refractivity contribution >= 4 is 22.7 Å². The van der Waals surface area contributed by atoms with Gasteiger partial charge in [0, 0.05) is 49.5 Å². The number of aryl methyl sites for hydroxylation is 1. The van der Waals surface area contributed by atoms with Gasteiger partial charge in [0.25, 0.3) is 0 Å². The van der Waals surface area contributed by atoms with Crippen molar-refractivity contribution in [2.45, 2.75) is 13.5 Å². The molecule has 0 aliphatic rings. The van der Waals surface area contributed by atoms with E-state index in [4.69, 9.17) is 9.26 Å². The molecule has 145 valence electrons. The zero-order valence-corrected chi connectivity index (χ0v) is 18.6. The summed E-state index contributed by atoms with van der Waals surface area (Å²) in [6.45, 7) is 1.99. The van der Waals surface area contributed by atoms with Crippen molar-refractivity contribution in [3.05, 3.63) is 65.7 Å². The van der Waals surface area contributed by atoms with E-state index in [2.05, 4.69) is 25.4 Å². The predicted molar refractivity (Wildman–Crippen MR) is 102 cm³/mol. The summed E-state index contributed by atoms with van der Waals surface area (Å²) in [5.41, 5.74) is 2.17. The second-order valence-electron chi connectivity index (χ2n) is 6.36. The van der Waals surface area contributed by atoms with Crippen molar-refractivity contribution in [3.63, 3.8) is 0 Å². The molecule has 5 aromatic rings. The van der Waals surface area contributed by atoms with Crippen LogP contribution in [0.3, 0.4) is 0 Å². The van der Waals surface area contributed by atoms with Crippen molar-refractivity contribution in [2.24, 2.45) is 0 Å². The standard InChI is InChI=1S/C20H13N6O3.Y/c1-12-8-17(25-29-12)19-23-22-18-15-4-2-3-5-16(15)20(24-26(18)19)28-11-14-7-6-13(10-27)9-21-14;/h2-9H,11H2,1H3;/q-1;. The number of hydrogen-bond donors (Lipinski definition) is 0. The molecule has 0 aliphatic carbocycles. The Kier molecular flexibility index (Phi) is 5.65. The number of hydrogen-bond acceptors (Lipinski definition) is 8. The minimum Gasteiger partial charge on any atom is -0.470 e. The largest absolute Gasteiger partial charge is 0.470 e. The van der Waals surface area contributed by atoms with Crippen molar-refractivity contribution in [3.8, 4) is 17.4 Å². The van der Waals surface area contributed by atoms with Crippen molar-refractivity contribution in [1.29, 1.82) is 0 Å². The molecule has 0 N–H and O–H groups in total. The summed E-state index contributed by atoms with van der Waals surface area (Å²) < 4.78 is 12.7. The van der Waals surface area contributed by atoms with Crippen molar-refractivity contribution in [1.82, 2.24) is 30.0 Å².